The molecule has 1 fully saturated rings. The maximum Gasteiger partial charge on any atom is 3.00 e. The van der Waals surface area contributed by atoms with Crippen LogP contribution in [0.1, 0.15) is 129 Å². The molecule has 3 rings (SSSR count). The third-order valence-electron chi connectivity index (χ3n) is 8.16. The smallest absolute Gasteiger partial charge is 0.872 e. The van der Waals surface area contributed by atoms with Gasteiger partial charge in [-0.25, -0.2) is 0 Å². The molecule has 2 aromatic rings. The monoisotopic (exact) mass is 770 g/mol. The van der Waals surface area contributed by atoms with Crippen molar-refractivity contribution in [3.63, 3.8) is 0 Å². The minimum Gasteiger partial charge on any atom is -0.872 e. The summed E-state index contributed by atoms with van der Waals surface area (Å²) in [6, 6.07) is 8.41. The maximum absolute atomic E-state index is 13.8. The molecule has 0 radical (unpaired) electrons. The van der Waals surface area contributed by atoms with Gasteiger partial charge in [0, 0.05) is 39.4 Å². The molecule has 5 nitrogen and oxygen atoms in total. The van der Waals surface area contributed by atoms with Crippen LogP contribution < -0.4 is 10.2 Å². The van der Waals surface area contributed by atoms with Crippen LogP contribution in [0.4, 0.5) is 0 Å². The Morgan fingerprint density at radius 1 is 0.633 bits per heavy atom. The van der Waals surface area contributed by atoms with Crippen LogP contribution in [0.3, 0.4) is 0 Å². The van der Waals surface area contributed by atoms with E-state index in [2.05, 4.69) is 157 Å². The summed E-state index contributed by atoms with van der Waals surface area (Å²) in [5.74, 6) is 0.253. The van der Waals surface area contributed by atoms with Gasteiger partial charge in [-0.3, -0.25) is 4.90 Å². The molecule has 0 aliphatic carbocycles. The van der Waals surface area contributed by atoms with Crippen molar-refractivity contribution < 1.29 is 47.7 Å². The summed E-state index contributed by atoms with van der Waals surface area (Å²) in [5, 5.41) is 27.5. The quantitative estimate of drug-likeness (QED) is 0.208. The first-order valence-corrected chi connectivity index (χ1v) is 21.7. The number of nitrogens with zero attached hydrogens (tertiary/aromatic N) is 2. The first kappa shape index (κ1) is 48.2. The molecule has 0 saturated carbocycles. The number of ether oxygens (including phenoxy) is 1. The number of benzene rings is 2. The minimum absolute atomic E-state index is 0. The Bertz CT molecular complexity index is 1190. The number of rotatable bonds is 7. The second-order valence-electron chi connectivity index (χ2n) is 19.4. The molecule has 1 aliphatic heterocycles. The molecule has 276 valence electrons. The molecular weight excluding hydrogens is 697 g/mol. The molecule has 0 bridgehead atoms. The second kappa shape index (κ2) is 19.4. The van der Waals surface area contributed by atoms with Crippen molar-refractivity contribution in [3.8, 4) is 11.5 Å². The summed E-state index contributed by atoms with van der Waals surface area (Å²) in [6.07, 6.45) is 2.56. The van der Waals surface area contributed by atoms with Crippen LogP contribution in [0.25, 0.3) is 0 Å². The van der Waals surface area contributed by atoms with E-state index in [4.69, 9.17) is 4.74 Å². The zero-order chi connectivity index (χ0) is 37.5. The van der Waals surface area contributed by atoms with Gasteiger partial charge in [-0.15, -0.1) is 19.6 Å². The Labute approximate surface area is 329 Å². The van der Waals surface area contributed by atoms with Gasteiger partial charge in [0.05, 0.1) is 0 Å². The van der Waals surface area contributed by atoms with Gasteiger partial charge in [0.15, 0.2) is 0 Å². The predicted octanol–water partition coefficient (Wildman–Crippen LogP) is 9.08. The third kappa shape index (κ3) is 18.0. The van der Waals surface area contributed by atoms with Crippen molar-refractivity contribution in [2.24, 2.45) is 0 Å². The van der Waals surface area contributed by atoms with Gasteiger partial charge in [-0.2, -0.15) is 0 Å². The van der Waals surface area contributed by atoms with Crippen molar-refractivity contribution in [1.29, 1.82) is 0 Å². The summed E-state index contributed by atoms with van der Waals surface area (Å²) in [6.45, 7) is 41.0. The fourth-order valence-corrected chi connectivity index (χ4v) is 5.14. The van der Waals surface area contributed by atoms with E-state index >= 15 is 0 Å². The maximum atomic E-state index is 13.8. The van der Waals surface area contributed by atoms with Crippen LogP contribution in [-0.2, 0) is 72.2 Å². The van der Waals surface area contributed by atoms with Crippen molar-refractivity contribution in [2.45, 2.75) is 150 Å². The van der Waals surface area contributed by atoms with Gasteiger partial charge < -0.3 is 26.4 Å². The standard InChI is InChI=1S/C34H56N2O2.C4H8O.C4H11Si.Y/c1-31(2,3)25-17-23(29(37)27(19-25)33(7,8)9)21-36(16-15-35(13)14)22-24-18-26(32(4,5)6)20-28(30(24)38)34(10,11)12;1-2-4-5-3-1;1-5(2,3)4;/h17-20,37-38H,15-16,21-22H2,1-14H3;1-4H2;1H2,2-4H3;/q;;-1;+3/p-2. The molecule has 0 atom stereocenters. The molecule has 7 heteroatoms. The van der Waals surface area contributed by atoms with Crippen LogP contribution in [0.5, 0.6) is 11.5 Å². The molecule has 0 aromatic heterocycles. The molecule has 1 aliphatic rings. The Hall–Kier alpha value is -0.759. The van der Waals surface area contributed by atoms with E-state index in [-0.39, 0.29) is 65.9 Å². The zero-order valence-electron chi connectivity index (χ0n) is 34.9. The van der Waals surface area contributed by atoms with Gasteiger partial charge in [0.25, 0.3) is 0 Å². The SMILES string of the molecule is C1CCOC1.CN(C)CCN(Cc1cc(C(C)(C)C)cc(C(C)(C)C)c1[O-])Cc1cc(C(C)(C)C)cc(C(C)(C)C)c1[O-].[CH2-][Si](C)(C)C.[Y+3]. The van der Waals surface area contributed by atoms with Crippen LogP contribution >= 0.6 is 0 Å². The van der Waals surface area contributed by atoms with Crippen molar-refractivity contribution in [1.82, 2.24) is 9.80 Å². The van der Waals surface area contributed by atoms with Crippen molar-refractivity contribution in [3.05, 3.63) is 64.2 Å². The van der Waals surface area contributed by atoms with Crippen LogP contribution in [0, 0.1) is 6.55 Å². The molecule has 1 saturated heterocycles. The Morgan fingerprint density at radius 3 is 1.18 bits per heavy atom. The number of hydrogen-bond donors (Lipinski definition) is 0. The minimum atomic E-state index is -0.861. The van der Waals surface area contributed by atoms with Crippen LogP contribution in [-0.4, -0.2) is 58.3 Å². The molecule has 2 aromatic carbocycles. The molecule has 1 heterocycles. The fourth-order valence-electron chi connectivity index (χ4n) is 5.14. The van der Waals surface area contributed by atoms with Crippen LogP contribution in [0.15, 0.2) is 24.3 Å². The molecule has 0 unspecified atom stereocenters. The predicted molar refractivity (Wildman–Crippen MR) is 208 cm³/mol. The average molecular weight is 771 g/mol. The molecule has 0 N–H and O–H groups in total. The largest absolute Gasteiger partial charge is 3.00 e. The summed E-state index contributed by atoms with van der Waals surface area (Å²) < 4.78 is 4.94. The van der Waals surface area contributed by atoms with E-state index < -0.39 is 8.07 Å². The normalized spacial score (nSPS) is 14.2. The molecule has 0 spiro atoms. The number of likely N-dealkylation sites (N-methyl/N-ethyl adjacent to an activating group) is 1. The fraction of sp³-hybridized carbons (Fsp3) is 0.690. The van der Waals surface area contributed by atoms with Gasteiger partial charge in [-0.05, 0) is 82.0 Å². The molecule has 0 amide bonds. The summed E-state index contributed by atoms with van der Waals surface area (Å²) in [7, 11) is 3.26. The van der Waals surface area contributed by atoms with Crippen LogP contribution in [0.2, 0.25) is 19.6 Å². The van der Waals surface area contributed by atoms with E-state index in [0.29, 0.717) is 13.1 Å². The molecular formula is C42H73N2O3SiY. The van der Waals surface area contributed by atoms with Crippen molar-refractivity contribution >= 4 is 8.07 Å². The van der Waals surface area contributed by atoms with Gasteiger partial charge >= 0.3 is 32.7 Å². The van der Waals surface area contributed by atoms with E-state index in [0.717, 1.165) is 48.6 Å². The van der Waals surface area contributed by atoms with Crippen molar-refractivity contribution in [2.75, 3.05) is 40.4 Å². The Kier molecular flexibility index (Phi) is 19.1. The Balaban J connectivity index is 0.00000180. The van der Waals surface area contributed by atoms with Gasteiger partial charge in [-0.1, -0.05) is 127 Å². The third-order valence-corrected chi connectivity index (χ3v) is 8.16. The van der Waals surface area contributed by atoms with E-state index in [1.165, 1.54) is 24.0 Å². The van der Waals surface area contributed by atoms with E-state index in [1.54, 1.807) is 0 Å². The number of hydrogen-bond acceptors (Lipinski definition) is 5. The summed E-state index contributed by atoms with van der Waals surface area (Å²) in [5.41, 5.74) is 5.09. The topological polar surface area (TPSA) is 61.8 Å². The molecule has 49 heavy (non-hydrogen) atoms. The first-order valence-electron chi connectivity index (χ1n) is 18.0. The van der Waals surface area contributed by atoms with Gasteiger partial charge in [0.2, 0.25) is 0 Å². The summed E-state index contributed by atoms with van der Waals surface area (Å²) >= 11 is 0. The second-order valence-corrected chi connectivity index (χ2v) is 24.5. The summed E-state index contributed by atoms with van der Waals surface area (Å²) in [4.78, 5) is 4.44. The Morgan fingerprint density at radius 2 is 0.959 bits per heavy atom. The first-order chi connectivity index (χ1) is 21.5. The average Bonchev–Trinajstić information content (AvgIpc) is 3.46. The zero-order valence-corrected chi connectivity index (χ0v) is 38.7. The van der Waals surface area contributed by atoms with Gasteiger partial charge in [0.1, 0.15) is 0 Å². The van der Waals surface area contributed by atoms with E-state index in [1.807, 2.05) is 0 Å². The van der Waals surface area contributed by atoms with E-state index in [9.17, 15) is 10.2 Å².